The first-order valence-electron chi connectivity index (χ1n) is 9.72. The average molecular weight is 350 g/mol. The van der Waals surface area contributed by atoms with E-state index in [1.165, 1.54) is 83.5 Å². The van der Waals surface area contributed by atoms with E-state index in [9.17, 15) is 8.42 Å². The fourth-order valence-corrected chi connectivity index (χ4v) is 3.17. The molecule has 0 aliphatic heterocycles. The Morgan fingerprint density at radius 2 is 1.04 bits per heavy atom. The highest BCUT2D eigenvalue weighted by Crippen LogP contribution is 2.12. The van der Waals surface area contributed by atoms with E-state index >= 15 is 0 Å². The van der Waals surface area contributed by atoms with Crippen LogP contribution in [0.15, 0.2) is 0 Å². The van der Waals surface area contributed by atoms with E-state index in [-0.39, 0.29) is 5.75 Å². The molecule has 0 unspecified atom stereocenters. The topological polar surface area (TPSA) is 66.4 Å². The maximum absolute atomic E-state index is 10.5. The highest BCUT2D eigenvalue weighted by Gasteiger charge is 2.02. The molecular weight excluding hydrogens is 310 g/mol. The molecule has 0 radical (unpaired) electrons. The van der Waals surface area contributed by atoms with Gasteiger partial charge in [0.25, 0.3) is 10.1 Å². The number of nitrogens with one attached hydrogen (secondary N) is 1. The number of hydrogen-bond donors (Lipinski definition) is 2. The normalized spacial score (nSPS) is 11.9. The van der Waals surface area contributed by atoms with Crippen molar-refractivity contribution in [1.29, 1.82) is 0 Å². The minimum Gasteiger partial charge on any atom is -0.316 e. The molecule has 0 bridgehead atoms. The highest BCUT2D eigenvalue weighted by atomic mass is 32.2. The average Bonchev–Trinajstić information content (AvgIpc) is 2.49. The number of rotatable bonds is 18. The van der Waals surface area contributed by atoms with Crippen molar-refractivity contribution in [2.45, 2.75) is 96.8 Å². The Balaban J connectivity index is 3.03. The summed E-state index contributed by atoms with van der Waals surface area (Å²) < 4.78 is 29.6. The lowest BCUT2D eigenvalue weighted by atomic mass is 10.0. The summed E-state index contributed by atoms with van der Waals surface area (Å²) in [5.74, 6) is -0.189. The molecule has 0 saturated heterocycles. The van der Waals surface area contributed by atoms with E-state index in [2.05, 4.69) is 12.2 Å². The van der Waals surface area contributed by atoms with Crippen molar-refractivity contribution in [3.05, 3.63) is 0 Å². The predicted octanol–water partition coefficient (Wildman–Crippen LogP) is 4.95. The second-order valence-electron chi connectivity index (χ2n) is 6.63. The molecule has 5 heteroatoms. The van der Waals surface area contributed by atoms with Gasteiger partial charge < -0.3 is 5.32 Å². The lowest BCUT2D eigenvalue weighted by Gasteiger charge is -2.04. The molecule has 23 heavy (non-hydrogen) atoms. The Bertz CT molecular complexity index is 331. The van der Waals surface area contributed by atoms with Crippen molar-refractivity contribution >= 4 is 10.1 Å². The third-order valence-electron chi connectivity index (χ3n) is 4.24. The van der Waals surface area contributed by atoms with E-state index in [0.29, 0.717) is 6.54 Å². The van der Waals surface area contributed by atoms with E-state index in [0.717, 1.165) is 13.0 Å². The van der Waals surface area contributed by atoms with Crippen molar-refractivity contribution in [3.8, 4) is 0 Å². The van der Waals surface area contributed by atoms with Crippen molar-refractivity contribution in [1.82, 2.24) is 5.32 Å². The van der Waals surface area contributed by atoms with Crippen LogP contribution in [0.4, 0.5) is 0 Å². The van der Waals surface area contributed by atoms with Crippen LogP contribution < -0.4 is 5.32 Å². The minimum absolute atomic E-state index is 0.189. The van der Waals surface area contributed by atoms with Crippen LogP contribution >= 0.6 is 0 Å². The van der Waals surface area contributed by atoms with Gasteiger partial charge in [0.1, 0.15) is 0 Å². The van der Waals surface area contributed by atoms with Gasteiger partial charge in [-0.3, -0.25) is 4.55 Å². The summed E-state index contributed by atoms with van der Waals surface area (Å²) in [4.78, 5) is 0. The van der Waals surface area contributed by atoms with Crippen LogP contribution in [0.2, 0.25) is 0 Å². The summed E-state index contributed by atoms with van der Waals surface area (Å²) in [6, 6.07) is 0. The fourth-order valence-electron chi connectivity index (χ4n) is 2.77. The molecule has 0 heterocycles. The third-order valence-corrected chi connectivity index (χ3v) is 4.96. The van der Waals surface area contributed by atoms with Crippen molar-refractivity contribution in [3.63, 3.8) is 0 Å². The van der Waals surface area contributed by atoms with Crippen molar-refractivity contribution in [2.24, 2.45) is 0 Å². The molecular formula is C18H39NO3S. The van der Waals surface area contributed by atoms with Gasteiger partial charge >= 0.3 is 0 Å². The first kappa shape index (κ1) is 22.9. The molecule has 4 nitrogen and oxygen atoms in total. The summed E-state index contributed by atoms with van der Waals surface area (Å²) in [5.41, 5.74) is 0. The molecule has 0 aliphatic carbocycles. The maximum Gasteiger partial charge on any atom is 0.266 e. The molecule has 0 aromatic rings. The molecule has 0 rings (SSSR count). The van der Waals surface area contributed by atoms with Crippen LogP contribution in [0.1, 0.15) is 96.8 Å². The van der Waals surface area contributed by atoms with Gasteiger partial charge in [-0.2, -0.15) is 8.42 Å². The Kier molecular flexibility index (Phi) is 16.6. The Hall–Kier alpha value is -0.130. The lowest BCUT2D eigenvalue weighted by molar-refractivity contribution is 0.479. The van der Waals surface area contributed by atoms with Gasteiger partial charge in [-0.1, -0.05) is 90.4 Å². The summed E-state index contributed by atoms with van der Waals surface area (Å²) >= 11 is 0. The SMILES string of the molecule is CCCCCCCCCCCCCCCCNCCS(=O)(=O)O. The lowest BCUT2D eigenvalue weighted by Crippen LogP contribution is -2.23. The molecule has 0 aromatic carbocycles. The van der Waals surface area contributed by atoms with Gasteiger partial charge in [-0.05, 0) is 13.0 Å². The third kappa shape index (κ3) is 21.9. The monoisotopic (exact) mass is 349 g/mol. The van der Waals surface area contributed by atoms with Crippen molar-refractivity contribution < 1.29 is 13.0 Å². The van der Waals surface area contributed by atoms with Gasteiger partial charge in [0, 0.05) is 6.54 Å². The van der Waals surface area contributed by atoms with Gasteiger partial charge in [-0.25, -0.2) is 0 Å². The van der Waals surface area contributed by atoms with Crippen LogP contribution in [-0.2, 0) is 10.1 Å². The van der Waals surface area contributed by atoms with Crippen LogP contribution in [0, 0.1) is 0 Å². The Labute approximate surface area is 144 Å². The molecule has 2 N–H and O–H groups in total. The molecule has 0 spiro atoms. The fraction of sp³-hybridized carbons (Fsp3) is 1.00. The predicted molar refractivity (Wildman–Crippen MR) is 99.6 cm³/mol. The standard InChI is InChI=1S/C18H39NO3S/c1-2-3-4-5-6-7-8-9-10-11-12-13-14-15-16-19-17-18-23(20,21)22/h19H,2-18H2,1H3,(H,20,21,22). The zero-order chi connectivity index (χ0) is 17.2. The zero-order valence-corrected chi connectivity index (χ0v) is 16.0. The summed E-state index contributed by atoms with van der Waals surface area (Å²) in [6.45, 7) is 3.45. The molecule has 0 fully saturated rings. The van der Waals surface area contributed by atoms with Crippen LogP contribution in [0.5, 0.6) is 0 Å². The zero-order valence-electron chi connectivity index (χ0n) is 15.2. The van der Waals surface area contributed by atoms with Gasteiger partial charge in [0.2, 0.25) is 0 Å². The van der Waals surface area contributed by atoms with Crippen LogP contribution in [0.3, 0.4) is 0 Å². The smallest absolute Gasteiger partial charge is 0.266 e. The number of unbranched alkanes of at least 4 members (excludes halogenated alkanes) is 13. The first-order valence-corrected chi connectivity index (χ1v) is 11.3. The van der Waals surface area contributed by atoms with Gasteiger partial charge in [0.15, 0.2) is 0 Å². The van der Waals surface area contributed by atoms with E-state index in [4.69, 9.17) is 4.55 Å². The van der Waals surface area contributed by atoms with Crippen LogP contribution in [0.25, 0.3) is 0 Å². The highest BCUT2D eigenvalue weighted by molar-refractivity contribution is 7.85. The van der Waals surface area contributed by atoms with E-state index in [1.807, 2.05) is 0 Å². The second-order valence-corrected chi connectivity index (χ2v) is 8.20. The number of hydrogen-bond acceptors (Lipinski definition) is 3. The molecule has 0 aromatic heterocycles. The largest absolute Gasteiger partial charge is 0.316 e. The summed E-state index contributed by atoms with van der Waals surface area (Å²) in [6.07, 6.45) is 18.8. The van der Waals surface area contributed by atoms with E-state index < -0.39 is 10.1 Å². The molecule has 0 atom stereocenters. The summed E-state index contributed by atoms with van der Waals surface area (Å²) in [5, 5.41) is 3.05. The Morgan fingerprint density at radius 1 is 0.652 bits per heavy atom. The maximum atomic E-state index is 10.5. The van der Waals surface area contributed by atoms with Gasteiger partial charge in [0.05, 0.1) is 5.75 Å². The van der Waals surface area contributed by atoms with Gasteiger partial charge in [-0.15, -0.1) is 0 Å². The molecule has 140 valence electrons. The second kappa shape index (κ2) is 16.7. The molecule has 0 amide bonds. The first-order chi connectivity index (χ1) is 11.1. The van der Waals surface area contributed by atoms with Crippen LogP contribution in [-0.4, -0.2) is 31.8 Å². The summed E-state index contributed by atoms with van der Waals surface area (Å²) in [7, 11) is -3.81. The Morgan fingerprint density at radius 3 is 1.43 bits per heavy atom. The van der Waals surface area contributed by atoms with Crippen molar-refractivity contribution in [2.75, 3.05) is 18.8 Å². The minimum atomic E-state index is -3.81. The van der Waals surface area contributed by atoms with E-state index in [1.54, 1.807) is 0 Å². The molecule has 0 saturated carbocycles. The molecule has 0 aliphatic rings. The quantitative estimate of drug-likeness (QED) is 0.271.